The first-order valence-corrected chi connectivity index (χ1v) is 5.83. The normalized spacial score (nSPS) is 12.9. The van der Waals surface area contributed by atoms with Crippen molar-refractivity contribution in [1.82, 2.24) is 5.32 Å². The summed E-state index contributed by atoms with van der Waals surface area (Å²) in [5.41, 5.74) is 3.86. The average Bonchev–Trinajstić information content (AvgIpc) is 2.23. The summed E-state index contributed by atoms with van der Waals surface area (Å²) in [4.78, 5) is 0. The molecule has 90 valence electrons. The van der Waals surface area contributed by atoms with Crippen molar-refractivity contribution in [1.29, 1.82) is 0 Å². The SMILES string of the molecule is CNC(c1cc(C)c(OC)cc1C)C(C)C. The van der Waals surface area contributed by atoms with Gasteiger partial charge in [-0.3, -0.25) is 0 Å². The third-order valence-corrected chi connectivity index (χ3v) is 3.10. The lowest BCUT2D eigenvalue weighted by atomic mass is 9.91. The van der Waals surface area contributed by atoms with E-state index in [9.17, 15) is 0 Å². The van der Waals surface area contributed by atoms with Crippen LogP contribution in [-0.4, -0.2) is 14.2 Å². The molecule has 0 radical (unpaired) electrons. The summed E-state index contributed by atoms with van der Waals surface area (Å²) in [6, 6.07) is 4.76. The Morgan fingerprint density at radius 2 is 1.75 bits per heavy atom. The maximum atomic E-state index is 5.33. The number of ether oxygens (including phenoxy) is 1. The minimum atomic E-state index is 0.407. The van der Waals surface area contributed by atoms with Gasteiger partial charge in [0.2, 0.25) is 0 Å². The molecule has 0 spiro atoms. The van der Waals surface area contributed by atoms with Crippen LogP contribution in [0, 0.1) is 19.8 Å². The van der Waals surface area contributed by atoms with E-state index < -0.39 is 0 Å². The van der Waals surface area contributed by atoms with E-state index in [1.54, 1.807) is 7.11 Å². The summed E-state index contributed by atoms with van der Waals surface area (Å²) in [6.07, 6.45) is 0. The largest absolute Gasteiger partial charge is 0.496 e. The third-order valence-electron chi connectivity index (χ3n) is 3.10. The Bertz CT molecular complexity index is 358. The van der Waals surface area contributed by atoms with Crippen LogP contribution in [0.5, 0.6) is 5.75 Å². The predicted molar refractivity (Wildman–Crippen MR) is 69.1 cm³/mol. The van der Waals surface area contributed by atoms with Crippen molar-refractivity contribution < 1.29 is 4.74 Å². The molecule has 2 heteroatoms. The molecule has 0 saturated carbocycles. The maximum Gasteiger partial charge on any atom is 0.122 e. The first-order valence-electron chi connectivity index (χ1n) is 5.83. The Morgan fingerprint density at radius 3 is 2.19 bits per heavy atom. The summed E-state index contributed by atoms with van der Waals surface area (Å²) in [7, 11) is 3.74. The lowest BCUT2D eigenvalue weighted by molar-refractivity contribution is 0.408. The van der Waals surface area contributed by atoms with E-state index in [-0.39, 0.29) is 0 Å². The molecule has 1 aromatic carbocycles. The number of aryl methyl sites for hydroxylation is 2. The van der Waals surface area contributed by atoms with E-state index in [0.717, 1.165) is 5.75 Å². The fraction of sp³-hybridized carbons (Fsp3) is 0.571. The second kappa shape index (κ2) is 5.35. The van der Waals surface area contributed by atoms with Gasteiger partial charge in [-0.2, -0.15) is 0 Å². The van der Waals surface area contributed by atoms with E-state index in [0.29, 0.717) is 12.0 Å². The molecule has 1 aromatic rings. The van der Waals surface area contributed by atoms with E-state index in [2.05, 4.69) is 45.1 Å². The van der Waals surface area contributed by atoms with Crippen LogP contribution in [0.2, 0.25) is 0 Å². The average molecular weight is 221 g/mol. The van der Waals surface area contributed by atoms with E-state index in [1.165, 1.54) is 16.7 Å². The summed E-state index contributed by atoms with van der Waals surface area (Å²) < 4.78 is 5.33. The fourth-order valence-electron chi connectivity index (χ4n) is 2.21. The van der Waals surface area contributed by atoms with Crippen LogP contribution in [0.3, 0.4) is 0 Å². The fourth-order valence-corrected chi connectivity index (χ4v) is 2.21. The van der Waals surface area contributed by atoms with E-state index >= 15 is 0 Å². The molecule has 0 aliphatic carbocycles. The Kier molecular flexibility index (Phi) is 4.36. The van der Waals surface area contributed by atoms with Gasteiger partial charge < -0.3 is 10.1 Å². The number of rotatable bonds is 4. The Morgan fingerprint density at radius 1 is 1.12 bits per heavy atom. The molecule has 1 atom stereocenters. The highest BCUT2D eigenvalue weighted by Crippen LogP contribution is 2.29. The van der Waals surface area contributed by atoms with E-state index in [4.69, 9.17) is 4.74 Å². The van der Waals surface area contributed by atoms with Crippen molar-refractivity contribution in [3.05, 3.63) is 28.8 Å². The Hall–Kier alpha value is -1.02. The third kappa shape index (κ3) is 2.56. The standard InChI is InChI=1S/C14H23NO/c1-9(2)14(15-5)12-7-11(4)13(16-6)8-10(12)3/h7-9,14-15H,1-6H3. The summed E-state index contributed by atoms with van der Waals surface area (Å²) >= 11 is 0. The van der Waals surface area contributed by atoms with Gasteiger partial charge in [0.15, 0.2) is 0 Å². The summed E-state index contributed by atoms with van der Waals surface area (Å²) in [5.74, 6) is 1.55. The van der Waals surface area contributed by atoms with Crippen LogP contribution in [0.15, 0.2) is 12.1 Å². The van der Waals surface area contributed by atoms with Gasteiger partial charge in [0, 0.05) is 6.04 Å². The highest BCUT2D eigenvalue weighted by atomic mass is 16.5. The molecule has 0 aliphatic rings. The van der Waals surface area contributed by atoms with Gasteiger partial charge in [0.25, 0.3) is 0 Å². The zero-order valence-electron chi connectivity index (χ0n) is 11.2. The van der Waals surface area contributed by atoms with Gasteiger partial charge in [0.05, 0.1) is 7.11 Å². The Labute approximate surface area is 99.0 Å². The van der Waals surface area contributed by atoms with Gasteiger partial charge in [-0.05, 0) is 49.6 Å². The maximum absolute atomic E-state index is 5.33. The quantitative estimate of drug-likeness (QED) is 0.843. The second-order valence-electron chi connectivity index (χ2n) is 4.69. The van der Waals surface area contributed by atoms with Gasteiger partial charge in [-0.1, -0.05) is 19.9 Å². The zero-order valence-corrected chi connectivity index (χ0v) is 11.2. The van der Waals surface area contributed by atoms with Crippen molar-refractivity contribution in [2.45, 2.75) is 33.7 Å². The van der Waals surface area contributed by atoms with Crippen molar-refractivity contribution in [2.75, 3.05) is 14.2 Å². The van der Waals surface area contributed by atoms with Crippen molar-refractivity contribution in [3.63, 3.8) is 0 Å². The lowest BCUT2D eigenvalue weighted by Gasteiger charge is -2.23. The van der Waals surface area contributed by atoms with Crippen LogP contribution in [-0.2, 0) is 0 Å². The molecule has 1 unspecified atom stereocenters. The van der Waals surface area contributed by atoms with Crippen LogP contribution >= 0.6 is 0 Å². The molecule has 0 aliphatic heterocycles. The highest BCUT2D eigenvalue weighted by molar-refractivity contribution is 5.43. The lowest BCUT2D eigenvalue weighted by Crippen LogP contribution is -2.22. The van der Waals surface area contributed by atoms with Crippen LogP contribution in [0.4, 0.5) is 0 Å². The summed E-state index contributed by atoms with van der Waals surface area (Å²) in [6.45, 7) is 8.71. The highest BCUT2D eigenvalue weighted by Gasteiger charge is 2.17. The van der Waals surface area contributed by atoms with Gasteiger partial charge >= 0.3 is 0 Å². The van der Waals surface area contributed by atoms with Crippen molar-refractivity contribution in [3.8, 4) is 5.75 Å². The molecule has 16 heavy (non-hydrogen) atoms. The van der Waals surface area contributed by atoms with Crippen LogP contribution in [0.25, 0.3) is 0 Å². The molecule has 0 fully saturated rings. The molecule has 0 saturated heterocycles. The first kappa shape index (κ1) is 13.0. The number of methoxy groups -OCH3 is 1. The first-order chi connectivity index (χ1) is 7.51. The van der Waals surface area contributed by atoms with E-state index in [1.807, 2.05) is 7.05 Å². The summed E-state index contributed by atoms with van der Waals surface area (Å²) in [5, 5.41) is 3.38. The molecule has 0 bridgehead atoms. The Balaban J connectivity index is 3.18. The molecule has 1 rings (SSSR count). The number of hydrogen-bond donors (Lipinski definition) is 1. The van der Waals surface area contributed by atoms with Gasteiger partial charge in [0.1, 0.15) is 5.75 Å². The molecule has 0 heterocycles. The van der Waals surface area contributed by atoms with Gasteiger partial charge in [-0.15, -0.1) is 0 Å². The van der Waals surface area contributed by atoms with Crippen LogP contribution in [0.1, 0.15) is 36.6 Å². The van der Waals surface area contributed by atoms with Gasteiger partial charge in [-0.25, -0.2) is 0 Å². The number of benzene rings is 1. The minimum Gasteiger partial charge on any atom is -0.496 e. The van der Waals surface area contributed by atoms with Crippen molar-refractivity contribution >= 4 is 0 Å². The topological polar surface area (TPSA) is 21.3 Å². The smallest absolute Gasteiger partial charge is 0.122 e. The molecule has 0 aromatic heterocycles. The predicted octanol–water partition coefficient (Wildman–Crippen LogP) is 3.23. The minimum absolute atomic E-state index is 0.407. The second-order valence-corrected chi connectivity index (χ2v) is 4.69. The molecule has 0 amide bonds. The van der Waals surface area contributed by atoms with Crippen LogP contribution < -0.4 is 10.1 Å². The monoisotopic (exact) mass is 221 g/mol. The zero-order chi connectivity index (χ0) is 12.3. The molecule has 2 nitrogen and oxygen atoms in total. The molecule has 1 N–H and O–H groups in total. The number of nitrogens with one attached hydrogen (secondary N) is 1. The molecular formula is C14H23NO. The number of hydrogen-bond acceptors (Lipinski definition) is 2. The van der Waals surface area contributed by atoms with Crippen molar-refractivity contribution in [2.24, 2.45) is 5.92 Å². The molecular weight excluding hydrogens is 198 g/mol.